The Balaban J connectivity index is 1.49. The molecule has 0 fully saturated rings. The lowest BCUT2D eigenvalue weighted by Crippen LogP contribution is -2.39. The molecule has 5 nitrogen and oxygen atoms in total. The van der Waals surface area contributed by atoms with E-state index in [2.05, 4.69) is 18.0 Å². The molecule has 2 aliphatic rings. The van der Waals surface area contributed by atoms with E-state index in [9.17, 15) is 9.59 Å². The van der Waals surface area contributed by atoms with Gasteiger partial charge in [-0.25, -0.2) is 4.98 Å². The third-order valence-electron chi connectivity index (χ3n) is 6.00. The Morgan fingerprint density at radius 3 is 3.04 bits per heavy atom. The molecule has 5 rings (SSSR count). The summed E-state index contributed by atoms with van der Waals surface area (Å²) in [5.74, 6) is 0.608. The number of carbonyl (C=O) groups is 1. The molecule has 3 aromatic rings. The Labute approximate surface area is 167 Å². The topological polar surface area (TPSA) is 55.2 Å². The standard InChI is InChI=1S/C22H23N3O2S/c1-14-8-9-16-18(11-14)28-21-20(16)22(27)24(13-23-21)12-19(26)25-10-4-6-15-5-2-3-7-17(15)25/h2-3,5,7,13-14H,4,6,8-12H2,1H3. The fourth-order valence-corrected chi connectivity index (χ4v) is 5.84. The third kappa shape index (κ3) is 2.87. The molecule has 6 heteroatoms. The first kappa shape index (κ1) is 17.6. The molecule has 1 aromatic carbocycles. The van der Waals surface area contributed by atoms with E-state index in [1.165, 1.54) is 20.6 Å². The maximum Gasteiger partial charge on any atom is 0.262 e. The molecule has 1 aliphatic carbocycles. The summed E-state index contributed by atoms with van der Waals surface area (Å²) in [6, 6.07) is 8.04. The molecule has 0 radical (unpaired) electrons. The quantitative estimate of drug-likeness (QED) is 0.669. The van der Waals surface area contributed by atoms with Gasteiger partial charge in [0.05, 0.1) is 11.7 Å². The van der Waals surface area contributed by atoms with Crippen LogP contribution in [0.3, 0.4) is 0 Å². The van der Waals surface area contributed by atoms with Crippen molar-refractivity contribution >= 4 is 33.1 Å². The average molecular weight is 394 g/mol. The second-order valence-electron chi connectivity index (χ2n) is 7.99. The highest BCUT2D eigenvalue weighted by Crippen LogP contribution is 2.35. The van der Waals surface area contributed by atoms with Gasteiger partial charge in [-0.1, -0.05) is 25.1 Å². The highest BCUT2D eigenvalue weighted by Gasteiger charge is 2.25. The molecule has 0 saturated carbocycles. The van der Waals surface area contributed by atoms with Crippen LogP contribution >= 0.6 is 11.3 Å². The maximum absolute atomic E-state index is 13.2. The fraction of sp³-hybridized carbons (Fsp3) is 0.409. The molecular weight excluding hydrogens is 370 g/mol. The van der Waals surface area contributed by atoms with Crippen LogP contribution in [0.15, 0.2) is 35.4 Å². The smallest absolute Gasteiger partial charge is 0.262 e. The van der Waals surface area contributed by atoms with Gasteiger partial charge in [0.1, 0.15) is 11.4 Å². The van der Waals surface area contributed by atoms with Crippen LogP contribution in [0.1, 0.15) is 35.8 Å². The molecule has 1 atom stereocenters. The Bertz CT molecular complexity index is 1130. The van der Waals surface area contributed by atoms with Crippen LogP contribution in [0, 0.1) is 5.92 Å². The van der Waals surface area contributed by atoms with E-state index < -0.39 is 0 Å². The van der Waals surface area contributed by atoms with Crippen LogP contribution in [0.4, 0.5) is 5.69 Å². The summed E-state index contributed by atoms with van der Waals surface area (Å²) in [5, 5.41) is 0.737. The molecular formula is C22H23N3O2S. The number of rotatable bonds is 2. The van der Waals surface area contributed by atoms with Crippen molar-refractivity contribution in [2.75, 3.05) is 11.4 Å². The number of aryl methyl sites for hydroxylation is 2. The molecule has 144 valence electrons. The van der Waals surface area contributed by atoms with Gasteiger partial charge in [0.15, 0.2) is 0 Å². The maximum atomic E-state index is 13.2. The van der Waals surface area contributed by atoms with Crippen LogP contribution in [0.5, 0.6) is 0 Å². The minimum Gasteiger partial charge on any atom is -0.311 e. The minimum atomic E-state index is -0.0734. The lowest BCUT2D eigenvalue weighted by molar-refractivity contribution is -0.119. The van der Waals surface area contributed by atoms with Crippen LogP contribution in [0.2, 0.25) is 0 Å². The molecule has 2 aromatic heterocycles. The summed E-state index contributed by atoms with van der Waals surface area (Å²) in [5.41, 5.74) is 3.27. The van der Waals surface area contributed by atoms with Gasteiger partial charge in [-0.05, 0) is 55.2 Å². The number of para-hydroxylation sites is 1. The van der Waals surface area contributed by atoms with Gasteiger partial charge < -0.3 is 4.90 Å². The summed E-state index contributed by atoms with van der Waals surface area (Å²) < 4.78 is 1.49. The van der Waals surface area contributed by atoms with Crippen molar-refractivity contribution in [3.8, 4) is 0 Å². The largest absolute Gasteiger partial charge is 0.311 e. The Morgan fingerprint density at radius 2 is 2.14 bits per heavy atom. The number of anilines is 1. The van der Waals surface area contributed by atoms with Gasteiger partial charge in [0.2, 0.25) is 5.91 Å². The fourth-order valence-electron chi connectivity index (χ4n) is 4.50. The van der Waals surface area contributed by atoms with Crippen molar-refractivity contribution in [1.82, 2.24) is 9.55 Å². The van der Waals surface area contributed by atoms with Crippen LogP contribution in [-0.4, -0.2) is 22.0 Å². The zero-order chi connectivity index (χ0) is 19.3. The van der Waals surface area contributed by atoms with Crippen LogP contribution in [0.25, 0.3) is 10.2 Å². The van der Waals surface area contributed by atoms with Crippen molar-refractivity contribution in [1.29, 1.82) is 0 Å². The molecule has 1 amide bonds. The van der Waals surface area contributed by atoms with Crippen LogP contribution in [-0.2, 0) is 30.6 Å². The number of aromatic nitrogens is 2. The molecule has 0 bridgehead atoms. The zero-order valence-electron chi connectivity index (χ0n) is 16.0. The highest BCUT2D eigenvalue weighted by atomic mass is 32.1. The molecule has 0 saturated heterocycles. The first-order chi connectivity index (χ1) is 13.6. The van der Waals surface area contributed by atoms with Crippen molar-refractivity contribution in [3.05, 3.63) is 57.0 Å². The second-order valence-corrected chi connectivity index (χ2v) is 9.07. The summed E-state index contributed by atoms with van der Waals surface area (Å²) in [7, 11) is 0. The molecule has 1 unspecified atom stereocenters. The van der Waals surface area contributed by atoms with Crippen molar-refractivity contribution in [2.45, 2.75) is 45.6 Å². The third-order valence-corrected chi connectivity index (χ3v) is 7.16. The minimum absolute atomic E-state index is 0.0388. The van der Waals surface area contributed by atoms with E-state index >= 15 is 0 Å². The molecule has 28 heavy (non-hydrogen) atoms. The van der Waals surface area contributed by atoms with Crippen molar-refractivity contribution < 1.29 is 4.79 Å². The highest BCUT2D eigenvalue weighted by molar-refractivity contribution is 7.18. The Hall–Kier alpha value is -2.47. The number of nitrogens with zero attached hydrogens (tertiary/aromatic N) is 3. The number of fused-ring (bicyclic) bond motifs is 4. The Morgan fingerprint density at radius 1 is 1.29 bits per heavy atom. The van der Waals surface area contributed by atoms with E-state index in [0.717, 1.165) is 48.0 Å². The first-order valence-corrected chi connectivity index (χ1v) is 10.8. The second kappa shape index (κ2) is 6.85. The summed E-state index contributed by atoms with van der Waals surface area (Å²) in [6.07, 6.45) is 6.56. The Kier molecular flexibility index (Phi) is 4.31. The lowest BCUT2D eigenvalue weighted by Gasteiger charge is -2.29. The van der Waals surface area contributed by atoms with Gasteiger partial charge in [0.25, 0.3) is 5.56 Å². The van der Waals surface area contributed by atoms with Crippen LogP contribution < -0.4 is 10.5 Å². The number of hydrogen-bond acceptors (Lipinski definition) is 4. The molecule has 3 heterocycles. The normalized spacial score (nSPS) is 18.8. The van der Waals surface area contributed by atoms with E-state index in [1.807, 2.05) is 23.1 Å². The van der Waals surface area contributed by atoms with Gasteiger partial charge >= 0.3 is 0 Å². The molecule has 0 spiro atoms. The first-order valence-electron chi connectivity index (χ1n) is 10.00. The summed E-state index contributed by atoms with van der Waals surface area (Å²) in [4.78, 5) is 34.7. The number of thiophene rings is 1. The summed E-state index contributed by atoms with van der Waals surface area (Å²) >= 11 is 1.64. The van der Waals surface area contributed by atoms with E-state index in [4.69, 9.17) is 0 Å². The van der Waals surface area contributed by atoms with Gasteiger partial charge in [-0.2, -0.15) is 0 Å². The van der Waals surface area contributed by atoms with Gasteiger partial charge in [0, 0.05) is 17.1 Å². The number of benzene rings is 1. The zero-order valence-corrected chi connectivity index (χ0v) is 16.8. The predicted octanol–water partition coefficient (Wildman–Crippen LogP) is 3.56. The number of hydrogen-bond donors (Lipinski definition) is 0. The number of amides is 1. The predicted molar refractivity (Wildman–Crippen MR) is 112 cm³/mol. The van der Waals surface area contributed by atoms with E-state index in [1.54, 1.807) is 17.7 Å². The lowest BCUT2D eigenvalue weighted by atomic mass is 9.89. The van der Waals surface area contributed by atoms with Gasteiger partial charge in [-0.15, -0.1) is 11.3 Å². The van der Waals surface area contributed by atoms with Gasteiger partial charge in [-0.3, -0.25) is 14.2 Å². The molecule has 1 aliphatic heterocycles. The monoisotopic (exact) mass is 393 g/mol. The summed E-state index contributed by atoms with van der Waals surface area (Å²) in [6.45, 7) is 3.00. The SMILES string of the molecule is CC1CCc2c(sc3ncn(CC(=O)N4CCCc5ccccc54)c(=O)c23)C1. The van der Waals surface area contributed by atoms with E-state index in [0.29, 0.717) is 12.5 Å². The number of carbonyl (C=O) groups excluding carboxylic acids is 1. The molecule has 0 N–H and O–H groups in total. The van der Waals surface area contributed by atoms with Crippen molar-refractivity contribution in [2.24, 2.45) is 5.92 Å². The average Bonchev–Trinajstić information content (AvgIpc) is 3.07. The van der Waals surface area contributed by atoms with E-state index in [-0.39, 0.29) is 18.0 Å². The van der Waals surface area contributed by atoms with Crippen molar-refractivity contribution in [3.63, 3.8) is 0 Å².